The summed E-state index contributed by atoms with van der Waals surface area (Å²) in [6, 6.07) is 2.36. The number of nitriles is 1. The molecule has 1 unspecified atom stereocenters. The van der Waals surface area contributed by atoms with Crippen molar-refractivity contribution in [1.82, 2.24) is 4.90 Å². The molecule has 0 aromatic heterocycles. The van der Waals surface area contributed by atoms with Crippen molar-refractivity contribution in [2.75, 3.05) is 26.2 Å². The third-order valence-corrected chi connectivity index (χ3v) is 3.35. The number of piperidine rings is 1. The summed E-state index contributed by atoms with van der Waals surface area (Å²) in [5.41, 5.74) is 0. The average Bonchev–Trinajstić information content (AvgIpc) is 2.39. The third kappa shape index (κ3) is 6.02. The number of nitrogens with zero attached hydrogens (tertiary/aromatic N) is 2. The number of likely N-dealkylation sites (tertiary alicyclic amines) is 1. The van der Waals surface area contributed by atoms with Gasteiger partial charge in [0, 0.05) is 13.0 Å². The van der Waals surface area contributed by atoms with Crippen LogP contribution in [0.15, 0.2) is 0 Å². The van der Waals surface area contributed by atoms with Crippen LogP contribution in [0, 0.1) is 17.2 Å². The first-order valence-corrected chi connectivity index (χ1v) is 7.04. The Kier molecular flexibility index (Phi) is 7.43. The highest BCUT2D eigenvalue weighted by molar-refractivity contribution is 5.69. The normalized spacial score (nSPS) is 20.3. The van der Waals surface area contributed by atoms with E-state index in [-0.39, 0.29) is 11.9 Å². The number of hydrogen-bond acceptors (Lipinski definition) is 4. The lowest BCUT2D eigenvalue weighted by molar-refractivity contribution is -0.143. The fourth-order valence-corrected chi connectivity index (χ4v) is 2.38. The number of unbranched alkanes of at least 4 members (excludes halogenated alkanes) is 2. The summed E-state index contributed by atoms with van der Waals surface area (Å²) in [4.78, 5) is 13.5. The molecule has 1 aliphatic heterocycles. The third-order valence-electron chi connectivity index (χ3n) is 3.35. The van der Waals surface area contributed by atoms with E-state index >= 15 is 0 Å². The largest absolute Gasteiger partial charge is 0.466 e. The van der Waals surface area contributed by atoms with Gasteiger partial charge < -0.3 is 9.64 Å². The topological polar surface area (TPSA) is 53.3 Å². The lowest BCUT2D eigenvalue weighted by Gasteiger charge is -2.29. The maximum Gasteiger partial charge on any atom is 0.305 e. The molecular formula is C14H24N2O2. The molecule has 4 heteroatoms. The Hall–Kier alpha value is -1.08. The summed E-state index contributed by atoms with van der Waals surface area (Å²) >= 11 is 0. The molecular weight excluding hydrogens is 228 g/mol. The molecule has 0 saturated carbocycles. The SMILES string of the molecule is CCOC(=O)CCCCCN1CCCC(C#N)C1. The van der Waals surface area contributed by atoms with Gasteiger partial charge in [-0.05, 0) is 45.7 Å². The number of rotatable bonds is 7. The summed E-state index contributed by atoms with van der Waals surface area (Å²) in [6.07, 6.45) is 5.81. The second-order valence-corrected chi connectivity index (χ2v) is 4.88. The van der Waals surface area contributed by atoms with E-state index in [1.165, 1.54) is 0 Å². The molecule has 0 radical (unpaired) electrons. The van der Waals surface area contributed by atoms with Crippen LogP contribution in [0.4, 0.5) is 0 Å². The Bertz CT molecular complexity index is 286. The number of carbonyl (C=O) groups excluding carboxylic acids is 1. The zero-order chi connectivity index (χ0) is 13.2. The molecule has 1 heterocycles. The minimum atomic E-state index is -0.0833. The Balaban J connectivity index is 2.01. The molecule has 0 amide bonds. The molecule has 1 fully saturated rings. The van der Waals surface area contributed by atoms with Crippen LogP contribution < -0.4 is 0 Å². The van der Waals surface area contributed by atoms with Crippen LogP contribution in [0.2, 0.25) is 0 Å². The maximum absolute atomic E-state index is 11.1. The molecule has 0 aromatic carbocycles. The maximum atomic E-state index is 11.1. The van der Waals surface area contributed by atoms with Crippen molar-refractivity contribution in [3.8, 4) is 6.07 Å². The lowest BCUT2D eigenvalue weighted by atomic mass is 9.99. The minimum Gasteiger partial charge on any atom is -0.466 e. The summed E-state index contributed by atoms with van der Waals surface area (Å²) in [6.45, 7) is 5.41. The first-order valence-electron chi connectivity index (χ1n) is 7.04. The standard InChI is InChI=1S/C14H24N2O2/c1-2-18-14(17)8-4-3-5-9-16-10-6-7-13(11-15)12-16/h13H,2-10,12H2,1H3. The molecule has 1 aliphatic rings. The van der Waals surface area contributed by atoms with Crippen LogP contribution >= 0.6 is 0 Å². The quantitative estimate of drug-likeness (QED) is 0.515. The number of esters is 1. The Morgan fingerprint density at radius 2 is 2.28 bits per heavy atom. The van der Waals surface area contributed by atoms with Crippen molar-refractivity contribution in [1.29, 1.82) is 5.26 Å². The highest BCUT2D eigenvalue weighted by atomic mass is 16.5. The predicted molar refractivity (Wildman–Crippen MR) is 69.9 cm³/mol. The highest BCUT2D eigenvalue weighted by Gasteiger charge is 2.18. The summed E-state index contributed by atoms with van der Waals surface area (Å²) in [7, 11) is 0. The molecule has 4 nitrogen and oxygen atoms in total. The van der Waals surface area contributed by atoms with Crippen molar-refractivity contribution >= 4 is 5.97 Å². The van der Waals surface area contributed by atoms with E-state index in [2.05, 4.69) is 11.0 Å². The number of ether oxygens (including phenoxy) is 1. The highest BCUT2D eigenvalue weighted by Crippen LogP contribution is 2.16. The van der Waals surface area contributed by atoms with Crippen LogP contribution in [-0.2, 0) is 9.53 Å². The van der Waals surface area contributed by atoms with Gasteiger partial charge in [0.15, 0.2) is 0 Å². The van der Waals surface area contributed by atoms with Gasteiger partial charge in [0.25, 0.3) is 0 Å². The smallest absolute Gasteiger partial charge is 0.305 e. The van der Waals surface area contributed by atoms with Gasteiger partial charge in [-0.3, -0.25) is 4.79 Å². The van der Waals surface area contributed by atoms with Crippen LogP contribution in [0.1, 0.15) is 45.4 Å². The van der Waals surface area contributed by atoms with Crippen molar-refractivity contribution < 1.29 is 9.53 Å². The van der Waals surface area contributed by atoms with Gasteiger partial charge >= 0.3 is 5.97 Å². The van der Waals surface area contributed by atoms with Crippen LogP contribution in [0.5, 0.6) is 0 Å². The van der Waals surface area contributed by atoms with Gasteiger partial charge in [0.2, 0.25) is 0 Å². The van der Waals surface area contributed by atoms with Gasteiger partial charge in [0.1, 0.15) is 0 Å². The Morgan fingerprint density at radius 1 is 1.44 bits per heavy atom. The van der Waals surface area contributed by atoms with E-state index in [0.29, 0.717) is 13.0 Å². The second-order valence-electron chi connectivity index (χ2n) is 4.88. The molecule has 1 atom stereocenters. The fraction of sp³-hybridized carbons (Fsp3) is 0.857. The van der Waals surface area contributed by atoms with Gasteiger partial charge in [-0.1, -0.05) is 6.42 Å². The van der Waals surface area contributed by atoms with Gasteiger partial charge in [0.05, 0.1) is 18.6 Å². The van der Waals surface area contributed by atoms with Crippen molar-refractivity contribution in [3.63, 3.8) is 0 Å². The van der Waals surface area contributed by atoms with E-state index in [1.54, 1.807) is 0 Å². The second kappa shape index (κ2) is 8.93. The molecule has 18 heavy (non-hydrogen) atoms. The van der Waals surface area contributed by atoms with Gasteiger partial charge in [-0.15, -0.1) is 0 Å². The van der Waals surface area contributed by atoms with Crippen LogP contribution in [0.3, 0.4) is 0 Å². The summed E-state index contributed by atoms with van der Waals surface area (Å²) < 4.78 is 4.88. The molecule has 1 saturated heterocycles. The molecule has 0 spiro atoms. The monoisotopic (exact) mass is 252 g/mol. The zero-order valence-corrected chi connectivity index (χ0v) is 11.4. The van der Waals surface area contributed by atoms with E-state index in [4.69, 9.17) is 10.00 Å². The summed E-state index contributed by atoms with van der Waals surface area (Å²) in [5, 5.41) is 8.90. The van der Waals surface area contributed by atoms with Crippen molar-refractivity contribution in [2.45, 2.75) is 45.4 Å². The first kappa shape index (κ1) is 15.0. The van der Waals surface area contributed by atoms with Crippen molar-refractivity contribution in [3.05, 3.63) is 0 Å². The van der Waals surface area contributed by atoms with Crippen molar-refractivity contribution in [2.24, 2.45) is 5.92 Å². The average molecular weight is 252 g/mol. The van der Waals surface area contributed by atoms with Gasteiger partial charge in [-0.2, -0.15) is 5.26 Å². The molecule has 102 valence electrons. The van der Waals surface area contributed by atoms with E-state index in [1.807, 2.05) is 6.92 Å². The van der Waals surface area contributed by atoms with Gasteiger partial charge in [-0.25, -0.2) is 0 Å². The molecule has 0 bridgehead atoms. The zero-order valence-electron chi connectivity index (χ0n) is 11.4. The predicted octanol–water partition coefficient (Wildman–Crippen LogP) is 2.35. The van der Waals surface area contributed by atoms with E-state index in [9.17, 15) is 4.79 Å². The van der Waals surface area contributed by atoms with E-state index in [0.717, 1.165) is 51.7 Å². The van der Waals surface area contributed by atoms with Crippen LogP contribution in [0.25, 0.3) is 0 Å². The molecule has 1 rings (SSSR count). The van der Waals surface area contributed by atoms with E-state index < -0.39 is 0 Å². The lowest BCUT2D eigenvalue weighted by Crippen LogP contribution is -2.35. The Morgan fingerprint density at radius 3 is 3.00 bits per heavy atom. The Labute approximate surface area is 110 Å². The number of hydrogen-bond donors (Lipinski definition) is 0. The fourth-order valence-electron chi connectivity index (χ4n) is 2.38. The molecule has 0 aliphatic carbocycles. The minimum absolute atomic E-state index is 0.0833. The number of carbonyl (C=O) groups is 1. The van der Waals surface area contributed by atoms with Crippen LogP contribution in [-0.4, -0.2) is 37.1 Å². The first-order chi connectivity index (χ1) is 8.76. The molecule has 0 aromatic rings. The summed E-state index contributed by atoms with van der Waals surface area (Å²) in [5.74, 6) is 0.137. The molecule has 0 N–H and O–H groups in total.